The van der Waals surface area contributed by atoms with Crippen LogP contribution in [0.3, 0.4) is 0 Å². The van der Waals surface area contributed by atoms with Crippen LogP contribution in [-0.4, -0.2) is 9.97 Å². The number of nitrogens with zero attached hydrogens (tertiary/aromatic N) is 1. The highest BCUT2D eigenvalue weighted by Crippen LogP contribution is 2.29. The molecule has 4 nitrogen and oxygen atoms in total. The third-order valence-corrected chi connectivity index (χ3v) is 4.66. The zero-order valence-electron chi connectivity index (χ0n) is 10.4. The van der Waals surface area contributed by atoms with Gasteiger partial charge in [0.05, 0.1) is 0 Å². The third-order valence-electron chi connectivity index (χ3n) is 2.44. The van der Waals surface area contributed by atoms with Crippen LogP contribution in [0.25, 0.3) is 0 Å². The molecule has 19 heavy (non-hydrogen) atoms. The number of nitrogens with one attached hydrogen (secondary N) is 1. The molecule has 100 valence electrons. The molecular weight excluding hydrogens is 373 g/mol. The molecule has 2 aromatic rings. The molecule has 1 heterocycles. The first-order chi connectivity index (χ1) is 9.08. The molecule has 0 aliphatic carbocycles. The van der Waals surface area contributed by atoms with Gasteiger partial charge in [0.1, 0.15) is 0 Å². The Labute approximate surface area is 129 Å². The molecule has 2 rings (SSSR count). The summed E-state index contributed by atoms with van der Waals surface area (Å²) in [5, 5.41) is 0.624. The van der Waals surface area contributed by atoms with Gasteiger partial charge in [0.2, 0.25) is 0 Å². The van der Waals surface area contributed by atoms with E-state index in [-0.39, 0.29) is 5.56 Å². The molecule has 0 amide bonds. The van der Waals surface area contributed by atoms with Crippen molar-refractivity contribution in [2.45, 2.75) is 29.8 Å². The number of hydrogen-bond donors (Lipinski definition) is 2. The molecule has 0 atom stereocenters. The second kappa shape index (κ2) is 6.42. The zero-order valence-corrected chi connectivity index (χ0v) is 13.4. The van der Waals surface area contributed by atoms with Gasteiger partial charge in [-0.15, -0.1) is 0 Å². The average Bonchev–Trinajstić information content (AvgIpc) is 2.32. The fourth-order valence-corrected chi connectivity index (χ4v) is 3.31. The number of nitrogens with two attached hydrogens (primary N) is 1. The second-order valence-electron chi connectivity index (χ2n) is 4.08. The van der Waals surface area contributed by atoms with Gasteiger partial charge >= 0.3 is 0 Å². The van der Waals surface area contributed by atoms with Crippen molar-refractivity contribution in [3.05, 3.63) is 43.9 Å². The summed E-state index contributed by atoms with van der Waals surface area (Å²) >= 11 is 3.67. The number of aryl methyl sites for hydroxylation is 1. The number of aromatic amines is 1. The van der Waals surface area contributed by atoms with Gasteiger partial charge in [0.25, 0.3) is 5.56 Å². The Morgan fingerprint density at radius 2 is 2.21 bits per heavy atom. The normalized spacial score (nSPS) is 10.6. The van der Waals surface area contributed by atoms with Crippen molar-refractivity contribution in [2.24, 2.45) is 0 Å². The van der Waals surface area contributed by atoms with E-state index in [0.717, 1.165) is 32.7 Å². The van der Waals surface area contributed by atoms with Gasteiger partial charge in [-0.1, -0.05) is 25.1 Å². The number of hydrogen-bond acceptors (Lipinski definition) is 4. The highest BCUT2D eigenvalue weighted by Gasteiger charge is 2.06. The van der Waals surface area contributed by atoms with Crippen LogP contribution in [0.4, 0.5) is 5.69 Å². The van der Waals surface area contributed by atoms with Crippen LogP contribution >= 0.6 is 34.4 Å². The molecule has 0 aliphatic heterocycles. The minimum absolute atomic E-state index is 0.105. The monoisotopic (exact) mass is 387 g/mol. The maximum Gasteiger partial charge on any atom is 0.251 e. The molecule has 0 saturated heterocycles. The minimum Gasteiger partial charge on any atom is -0.399 e. The van der Waals surface area contributed by atoms with Crippen molar-refractivity contribution in [3.8, 4) is 0 Å². The van der Waals surface area contributed by atoms with E-state index in [1.807, 2.05) is 18.2 Å². The lowest BCUT2D eigenvalue weighted by Gasteiger charge is -2.06. The van der Waals surface area contributed by atoms with Crippen LogP contribution in [0.1, 0.15) is 19.0 Å². The SMILES string of the molecule is CCCc1cc(=O)[nH]c(Sc2ccc(N)cc2I)n1. The number of halogens is 1. The molecule has 0 fully saturated rings. The van der Waals surface area contributed by atoms with E-state index in [1.165, 1.54) is 11.8 Å². The molecule has 0 bridgehead atoms. The predicted molar refractivity (Wildman–Crippen MR) is 86.5 cm³/mol. The number of anilines is 1. The Hall–Kier alpha value is -1.02. The molecule has 0 unspecified atom stereocenters. The quantitative estimate of drug-likeness (QED) is 0.481. The summed E-state index contributed by atoms with van der Waals surface area (Å²) in [5.41, 5.74) is 7.18. The first-order valence-electron chi connectivity index (χ1n) is 5.91. The Morgan fingerprint density at radius 1 is 1.42 bits per heavy atom. The Balaban J connectivity index is 2.30. The third kappa shape index (κ3) is 3.97. The van der Waals surface area contributed by atoms with Crippen molar-refractivity contribution in [1.29, 1.82) is 0 Å². The topological polar surface area (TPSA) is 71.8 Å². The van der Waals surface area contributed by atoms with Gasteiger partial charge in [-0.3, -0.25) is 4.79 Å². The highest BCUT2D eigenvalue weighted by molar-refractivity contribution is 14.1. The van der Waals surface area contributed by atoms with Gasteiger partial charge in [-0.05, 0) is 47.2 Å². The van der Waals surface area contributed by atoms with Gasteiger partial charge in [0.15, 0.2) is 5.16 Å². The van der Waals surface area contributed by atoms with E-state index < -0.39 is 0 Å². The molecule has 1 aromatic carbocycles. The van der Waals surface area contributed by atoms with Crippen molar-refractivity contribution < 1.29 is 0 Å². The van der Waals surface area contributed by atoms with E-state index in [1.54, 1.807) is 6.07 Å². The maximum absolute atomic E-state index is 11.6. The van der Waals surface area contributed by atoms with Crippen molar-refractivity contribution in [2.75, 3.05) is 5.73 Å². The summed E-state index contributed by atoms with van der Waals surface area (Å²) < 4.78 is 1.05. The van der Waals surface area contributed by atoms with Gasteiger partial charge < -0.3 is 10.7 Å². The first-order valence-corrected chi connectivity index (χ1v) is 7.81. The van der Waals surface area contributed by atoms with E-state index in [2.05, 4.69) is 39.5 Å². The smallest absolute Gasteiger partial charge is 0.251 e. The van der Waals surface area contributed by atoms with Crippen LogP contribution in [-0.2, 0) is 6.42 Å². The van der Waals surface area contributed by atoms with Crippen LogP contribution < -0.4 is 11.3 Å². The molecular formula is C13H14IN3OS. The molecule has 0 spiro atoms. The minimum atomic E-state index is -0.105. The lowest BCUT2D eigenvalue weighted by Crippen LogP contribution is -2.09. The lowest BCUT2D eigenvalue weighted by atomic mass is 10.2. The summed E-state index contributed by atoms with van der Waals surface area (Å²) in [6.45, 7) is 2.07. The summed E-state index contributed by atoms with van der Waals surface area (Å²) in [4.78, 5) is 19.8. The van der Waals surface area contributed by atoms with Crippen LogP contribution in [0.15, 0.2) is 39.1 Å². The molecule has 3 N–H and O–H groups in total. The largest absolute Gasteiger partial charge is 0.399 e. The summed E-state index contributed by atoms with van der Waals surface area (Å²) in [6, 6.07) is 7.24. The first kappa shape index (κ1) is 14.4. The molecule has 0 saturated carbocycles. The van der Waals surface area contributed by atoms with Crippen molar-refractivity contribution >= 4 is 40.0 Å². The van der Waals surface area contributed by atoms with Gasteiger partial charge in [0, 0.05) is 25.9 Å². The number of nitrogen functional groups attached to an aromatic ring is 1. The van der Waals surface area contributed by atoms with Crippen LogP contribution in [0.5, 0.6) is 0 Å². The fourth-order valence-electron chi connectivity index (χ4n) is 1.62. The average molecular weight is 387 g/mol. The molecule has 6 heteroatoms. The molecule has 1 aromatic heterocycles. The van der Waals surface area contributed by atoms with Crippen molar-refractivity contribution in [3.63, 3.8) is 0 Å². The number of benzene rings is 1. The van der Waals surface area contributed by atoms with E-state index >= 15 is 0 Å². The second-order valence-corrected chi connectivity index (χ2v) is 6.28. The van der Waals surface area contributed by atoms with Crippen LogP contribution in [0, 0.1) is 3.57 Å². The van der Waals surface area contributed by atoms with E-state index in [9.17, 15) is 4.79 Å². The summed E-state index contributed by atoms with van der Waals surface area (Å²) in [5.74, 6) is 0. The zero-order chi connectivity index (χ0) is 13.8. The number of H-pyrrole nitrogens is 1. The molecule has 0 aliphatic rings. The fraction of sp³-hybridized carbons (Fsp3) is 0.231. The predicted octanol–water partition coefficient (Wildman–Crippen LogP) is 3.06. The Bertz CT molecular complexity index is 642. The summed E-state index contributed by atoms with van der Waals surface area (Å²) in [6.07, 6.45) is 1.79. The Kier molecular flexibility index (Phi) is 4.87. The lowest BCUT2D eigenvalue weighted by molar-refractivity contribution is 0.816. The van der Waals surface area contributed by atoms with Gasteiger partial charge in [-0.2, -0.15) is 0 Å². The van der Waals surface area contributed by atoms with Gasteiger partial charge in [-0.25, -0.2) is 4.98 Å². The summed E-state index contributed by atoms with van der Waals surface area (Å²) in [7, 11) is 0. The number of aromatic nitrogens is 2. The van der Waals surface area contributed by atoms with Crippen molar-refractivity contribution in [1.82, 2.24) is 9.97 Å². The van der Waals surface area contributed by atoms with Crippen LogP contribution in [0.2, 0.25) is 0 Å². The van der Waals surface area contributed by atoms with E-state index in [4.69, 9.17) is 5.73 Å². The molecule has 0 radical (unpaired) electrons. The highest BCUT2D eigenvalue weighted by atomic mass is 127. The Morgan fingerprint density at radius 3 is 2.89 bits per heavy atom. The van der Waals surface area contributed by atoms with E-state index in [0.29, 0.717) is 5.16 Å². The standard InChI is InChI=1S/C13H14IN3OS/c1-2-3-9-7-12(18)17-13(16-9)19-11-5-4-8(15)6-10(11)14/h4-7H,2-3,15H2,1H3,(H,16,17,18). The number of rotatable bonds is 4. The maximum atomic E-state index is 11.6.